The second-order valence-electron chi connectivity index (χ2n) is 5.12. The summed E-state index contributed by atoms with van der Waals surface area (Å²) in [7, 11) is 1.66. The lowest BCUT2D eigenvalue weighted by atomic mass is 10.2. The molecule has 0 atom stereocenters. The number of hydrogen-bond donors (Lipinski definition) is 0. The lowest BCUT2D eigenvalue weighted by Gasteiger charge is -2.01. The van der Waals surface area contributed by atoms with Gasteiger partial charge in [-0.15, -0.1) is 10.2 Å². The highest BCUT2D eigenvalue weighted by Gasteiger charge is 2.10. The molecule has 6 nitrogen and oxygen atoms in total. The summed E-state index contributed by atoms with van der Waals surface area (Å²) in [4.78, 5) is 4.22. The first-order chi connectivity index (χ1) is 11.8. The average Bonchev–Trinajstić information content (AvgIpc) is 3.29. The van der Waals surface area contributed by atoms with Crippen LogP contribution in [0.5, 0.6) is 5.75 Å². The van der Waals surface area contributed by atoms with Gasteiger partial charge < -0.3 is 13.6 Å². The number of benzene rings is 1. The molecule has 1 aromatic carbocycles. The van der Waals surface area contributed by atoms with Gasteiger partial charge >= 0.3 is 0 Å². The first-order valence-electron chi connectivity index (χ1n) is 7.34. The Labute approximate surface area is 142 Å². The number of thioether (sulfide) groups is 1. The Morgan fingerprint density at radius 3 is 2.83 bits per heavy atom. The third kappa shape index (κ3) is 2.98. The molecule has 3 aromatic heterocycles. The van der Waals surface area contributed by atoms with Gasteiger partial charge in [-0.3, -0.25) is 0 Å². The van der Waals surface area contributed by atoms with Gasteiger partial charge in [0.15, 0.2) is 0 Å². The van der Waals surface area contributed by atoms with Crippen molar-refractivity contribution in [3.63, 3.8) is 0 Å². The Kier molecular flexibility index (Phi) is 3.92. The Bertz CT molecular complexity index is 962. The molecule has 0 aliphatic carbocycles. The quantitative estimate of drug-likeness (QED) is 0.517. The lowest BCUT2D eigenvalue weighted by molar-refractivity contribution is 0.414. The molecule has 3 heterocycles. The number of rotatable bonds is 5. The number of nitrogens with zero attached hydrogens (tertiary/aromatic N) is 4. The summed E-state index contributed by atoms with van der Waals surface area (Å²) in [5, 5.41) is 8.78. The van der Waals surface area contributed by atoms with Crippen LogP contribution in [0.25, 0.3) is 17.1 Å². The van der Waals surface area contributed by atoms with Crippen molar-refractivity contribution in [2.45, 2.75) is 11.0 Å². The van der Waals surface area contributed by atoms with E-state index in [1.165, 1.54) is 17.3 Å². The monoisotopic (exact) mass is 338 g/mol. The van der Waals surface area contributed by atoms with Crippen LogP contribution in [0, 0.1) is 0 Å². The molecule has 0 unspecified atom stereocenters. The van der Waals surface area contributed by atoms with Crippen LogP contribution >= 0.6 is 11.8 Å². The highest BCUT2D eigenvalue weighted by Crippen LogP contribution is 2.26. The second kappa shape index (κ2) is 6.37. The van der Waals surface area contributed by atoms with E-state index in [4.69, 9.17) is 9.15 Å². The van der Waals surface area contributed by atoms with Crippen LogP contribution in [0.15, 0.2) is 64.6 Å². The maximum Gasteiger partial charge on any atom is 0.277 e. The molecule has 0 amide bonds. The topological polar surface area (TPSA) is 65.5 Å². The summed E-state index contributed by atoms with van der Waals surface area (Å²) in [5.41, 5.74) is 2.91. The zero-order chi connectivity index (χ0) is 16.4. The van der Waals surface area contributed by atoms with E-state index in [1.807, 2.05) is 53.2 Å². The number of fused-ring (bicyclic) bond motifs is 1. The van der Waals surface area contributed by atoms with Gasteiger partial charge in [0.1, 0.15) is 11.4 Å². The molecule has 0 aliphatic heterocycles. The first kappa shape index (κ1) is 14.8. The smallest absolute Gasteiger partial charge is 0.277 e. The van der Waals surface area contributed by atoms with Gasteiger partial charge in [-0.05, 0) is 29.8 Å². The van der Waals surface area contributed by atoms with E-state index in [2.05, 4.69) is 15.2 Å². The average molecular weight is 338 g/mol. The molecule has 4 rings (SSSR count). The van der Waals surface area contributed by atoms with Gasteiger partial charge in [-0.25, -0.2) is 4.98 Å². The number of methoxy groups -OCH3 is 1. The number of ether oxygens (including phenoxy) is 1. The minimum atomic E-state index is 0.503. The van der Waals surface area contributed by atoms with Crippen molar-refractivity contribution in [2.24, 2.45) is 0 Å². The predicted molar refractivity (Wildman–Crippen MR) is 91.0 cm³/mol. The lowest BCUT2D eigenvalue weighted by Crippen LogP contribution is -1.85. The van der Waals surface area contributed by atoms with Gasteiger partial charge in [0.05, 0.1) is 12.7 Å². The molecule has 24 heavy (non-hydrogen) atoms. The Morgan fingerprint density at radius 2 is 2.00 bits per heavy atom. The van der Waals surface area contributed by atoms with Crippen molar-refractivity contribution in [3.05, 3.63) is 60.6 Å². The van der Waals surface area contributed by atoms with Crippen LogP contribution in [0.3, 0.4) is 0 Å². The third-order valence-electron chi connectivity index (χ3n) is 3.56. The van der Waals surface area contributed by atoms with Gasteiger partial charge in [0.2, 0.25) is 5.89 Å². The largest absolute Gasteiger partial charge is 0.497 e. The van der Waals surface area contributed by atoms with Crippen LogP contribution in [-0.4, -0.2) is 26.7 Å². The Balaban J connectivity index is 1.47. The SMILES string of the molecule is COc1ccc(CSc2nnc(-c3ccc4nccn4c3)o2)cc1. The van der Waals surface area contributed by atoms with E-state index >= 15 is 0 Å². The highest BCUT2D eigenvalue weighted by molar-refractivity contribution is 7.98. The second-order valence-corrected chi connectivity index (χ2v) is 6.05. The molecule has 0 aliphatic rings. The minimum Gasteiger partial charge on any atom is -0.497 e. The Morgan fingerprint density at radius 1 is 1.12 bits per heavy atom. The molecule has 0 N–H and O–H groups in total. The van der Waals surface area contributed by atoms with Crippen LogP contribution in [0.4, 0.5) is 0 Å². The third-order valence-corrected chi connectivity index (χ3v) is 4.45. The summed E-state index contributed by atoms with van der Waals surface area (Å²) < 4.78 is 12.8. The molecule has 0 fully saturated rings. The van der Waals surface area contributed by atoms with Crippen LogP contribution in [0.1, 0.15) is 5.56 Å². The summed E-state index contributed by atoms with van der Waals surface area (Å²) >= 11 is 1.51. The van der Waals surface area contributed by atoms with Gasteiger partial charge in [0.25, 0.3) is 5.22 Å². The maximum absolute atomic E-state index is 5.74. The van der Waals surface area contributed by atoms with Crippen LogP contribution in [0.2, 0.25) is 0 Å². The van der Waals surface area contributed by atoms with E-state index < -0.39 is 0 Å². The Hall–Kier alpha value is -2.80. The van der Waals surface area contributed by atoms with Gasteiger partial charge in [-0.1, -0.05) is 23.9 Å². The first-order valence-corrected chi connectivity index (χ1v) is 8.33. The van der Waals surface area contributed by atoms with Gasteiger partial charge in [-0.2, -0.15) is 0 Å². The molecule has 7 heteroatoms. The summed E-state index contributed by atoms with van der Waals surface area (Å²) in [5.74, 6) is 2.10. The summed E-state index contributed by atoms with van der Waals surface area (Å²) in [6.45, 7) is 0. The van der Waals surface area contributed by atoms with Crippen molar-refractivity contribution >= 4 is 17.4 Å². The van der Waals surface area contributed by atoms with Crippen molar-refractivity contribution < 1.29 is 9.15 Å². The fourth-order valence-corrected chi connectivity index (χ4v) is 3.02. The predicted octanol–water partition coefficient (Wildman–Crippen LogP) is 3.69. The molecule has 0 saturated heterocycles. The molecule has 120 valence electrons. The molecular formula is C17H14N4O2S. The maximum atomic E-state index is 5.74. The molecule has 0 spiro atoms. The standard InChI is InChI=1S/C17H14N4O2S/c1-22-14-5-2-12(3-6-14)11-24-17-20-19-16(23-17)13-4-7-15-18-8-9-21(15)10-13/h2-10H,11H2,1H3. The highest BCUT2D eigenvalue weighted by atomic mass is 32.2. The zero-order valence-electron chi connectivity index (χ0n) is 12.9. The van der Waals surface area contributed by atoms with Crippen molar-refractivity contribution in [1.29, 1.82) is 0 Å². The molecule has 4 aromatic rings. The molecule has 0 saturated carbocycles. The van der Waals surface area contributed by atoms with Gasteiger partial charge in [0, 0.05) is 24.3 Å². The van der Waals surface area contributed by atoms with Crippen LogP contribution < -0.4 is 4.74 Å². The fraction of sp³-hybridized carbons (Fsp3) is 0.118. The van der Waals surface area contributed by atoms with Crippen molar-refractivity contribution in [2.75, 3.05) is 7.11 Å². The molecule has 0 bridgehead atoms. The van der Waals surface area contributed by atoms with E-state index in [-0.39, 0.29) is 0 Å². The molecule has 0 radical (unpaired) electrons. The number of aromatic nitrogens is 4. The van der Waals surface area contributed by atoms with E-state index in [0.29, 0.717) is 11.1 Å². The van der Waals surface area contributed by atoms with E-state index in [9.17, 15) is 0 Å². The van der Waals surface area contributed by atoms with Crippen molar-refractivity contribution in [3.8, 4) is 17.2 Å². The van der Waals surface area contributed by atoms with Crippen LogP contribution in [-0.2, 0) is 5.75 Å². The normalized spacial score (nSPS) is 11.0. The number of pyridine rings is 1. The van der Waals surface area contributed by atoms with E-state index in [0.717, 1.165) is 22.7 Å². The summed E-state index contributed by atoms with van der Waals surface area (Å²) in [6, 6.07) is 11.8. The fourth-order valence-electron chi connectivity index (χ4n) is 2.30. The summed E-state index contributed by atoms with van der Waals surface area (Å²) in [6.07, 6.45) is 5.56. The minimum absolute atomic E-state index is 0.503. The van der Waals surface area contributed by atoms with E-state index in [1.54, 1.807) is 13.3 Å². The zero-order valence-corrected chi connectivity index (χ0v) is 13.7. The molecular weight excluding hydrogens is 324 g/mol. The number of hydrogen-bond acceptors (Lipinski definition) is 6. The number of imidazole rings is 1. The van der Waals surface area contributed by atoms with Crippen molar-refractivity contribution in [1.82, 2.24) is 19.6 Å².